The summed E-state index contributed by atoms with van der Waals surface area (Å²) in [5.41, 5.74) is 1.84. The number of aromatic nitrogens is 2. The summed E-state index contributed by atoms with van der Waals surface area (Å²) in [6.45, 7) is 3.03. The highest BCUT2D eigenvalue weighted by Gasteiger charge is 2.32. The van der Waals surface area contributed by atoms with Crippen LogP contribution in [0, 0.1) is 0 Å². The zero-order chi connectivity index (χ0) is 19.3. The van der Waals surface area contributed by atoms with Crippen molar-refractivity contribution in [3.05, 3.63) is 35.6 Å². The number of fused-ring (bicyclic) bond motifs is 2. The first kappa shape index (κ1) is 17.3. The van der Waals surface area contributed by atoms with Crippen molar-refractivity contribution in [2.75, 3.05) is 38.3 Å². The number of benzene rings is 2. The molecule has 2 aliphatic rings. The van der Waals surface area contributed by atoms with E-state index in [1.165, 1.54) is 0 Å². The van der Waals surface area contributed by atoms with E-state index in [0.29, 0.717) is 39.8 Å². The molecule has 144 valence electrons. The number of rotatable bonds is 2. The number of anilines is 1. The molecule has 28 heavy (non-hydrogen) atoms. The zero-order valence-electron chi connectivity index (χ0n) is 15.3. The Kier molecular flexibility index (Phi) is 4.14. The van der Waals surface area contributed by atoms with Crippen LogP contribution in [0.15, 0.2) is 30.6 Å². The summed E-state index contributed by atoms with van der Waals surface area (Å²) in [6.07, 6.45) is 1.56. The van der Waals surface area contributed by atoms with E-state index in [4.69, 9.17) is 21.1 Å². The topological polar surface area (TPSA) is 79.7 Å². The Labute approximate surface area is 166 Å². The van der Waals surface area contributed by atoms with Crippen LogP contribution in [0.25, 0.3) is 22.0 Å². The number of nitrogens with zero attached hydrogens (tertiary/aromatic N) is 3. The van der Waals surface area contributed by atoms with Crippen LogP contribution in [-0.2, 0) is 0 Å². The number of hydrogen-bond donors (Lipinski definition) is 2. The van der Waals surface area contributed by atoms with Gasteiger partial charge >= 0.3 is 0 Å². The summed E-state index contributed by atoms with van der Waals surface area (Å²) in [5.74, 6) is 1.99. The van der Waals surface area contributed by atoms with Gasteiger partial charge in [-0.25, -0.2) is 9.97 Å². The summed E-state index contributed by atoms with van der Waals surface area (Å²) >= 11 is 6.82. The Bertz CT molecular complexity index is 1070. The van der Waals surface area contributed by atoms with Crippen LogP contribution in [-0.4, -0.2) is 54.5 Å². The summed E-state index contributed by atoms with van der Waals surface area (Å²) in [7, 11) is 1.56. The van der Waals surface area contributed by atoms with E-state index in [2.05, 4.69) is 20.2 Å². The monoisotopic (exact) mass is 398 g/mol. The fourth-order valence-corrected chi connectivity index (χ4v) is 4.31. The van der Waals surface area contributed by atoms with Crippen molar-refractivity contribution in [3.8, 4) is 28.4 Å². The van der Waals surface area contributed by atoms with E-state index < -0.39 is 0 Å². The smallest absolute Gasteiger partial charge is 0.151 e. The number of nitrogens with one attached hydrogen (secondary N) is 1. The average molecular weight is 399 g/mol. The largest absolute Gasteiger partial charge is 0.507 e. The normalized spacial score (nSPS) is 18.4. The van der Waals surface area contributed by atoms with Crippen molar-refractivity contribution < 1.29 is 14.6 Å². The Balaban J connectivity index is 1.79. The first-order valence-corrected chi connectivity index (χ1v) is 9.50. The van der Waals surface area contributed by atoms with Gasteiger partial charge in [0.15, 0.2) is 5.75 Å². The third-order valence-corrected chi connectivity index (χ3v) is 5.71. The van der Waals surface area contributed by atoms with Crippen LogP contribution in [0.1, 0.15) is 0 Å². The van der Waals surface area contributed by atoms with Crippen LogP contribution in [0.5, 0.6) is 17.2 Å². The lowest BCUT2D eigenvalue weighted by Gasteiger charge is -2.35. The number of piperazine rings is 1. The summed E-state index contributed by atoms with van der Waals surface area (Å²) < 4.78 is 11.6. The number of phenolic OH excluding ortho intramolecular Hbond substituents is 1. The highest BCUT2D eigenvalue weighted by molar-refractivity contribution is 6.36. The van der Waals surface area contributed by atoms with Gasteiger partial charge in [0.25, 0.3) is 0 Å². The second kappa shape index (κ2) is 6.68. The van der Waals surface area contributed by atoms with Gasteiger partial charge in [0.2, 0.25) is 0 Å². The molecule has 1 atom stereocenters. The number of methoxy groups -OCH3 is 1. The molecule has 0 amide bonds. The molecule has 5 rings (SSSR count). The quantitative estimate of drug-likeness (QED) is 0.687. The van der Waals surface area contributed by atoms with Crippen LogP contribution < -0.4 is 19.7 Å². The predicted molar refractivity (Wildman–Crippen MR) is 108 cm³/mol. The first-order chi connectivity index (χ1) is 13.7. The summed E-state index contributed by atoms with van der Waals surface area (Å²) in [4.78, 5) is 11.3. The minimum absolute atomic E-state index is 0.0809. The standard InChI is InChI=1S/C20H19ClN4O3/c1-27-15-4-2-3-14(26)16(15)12-7-13-17-19(18(12)21)28-9-11-8-22-5-6-25(11)20(17)24-10-23-13/h2-4,7,10-11,22,26H,5-6,8-9H2,1H3/t11-/m0/s1. The van der Waals surface area contributed by atoms with Crippen LogP contribution in [0.2, 0.25) is 5.02 Å². The van der Waals surface area contributed by atoms with Gasteiger partial charge in [-0.3, -0.25) is 0 Å². The average Bonchev–Trinajstić information content (AvgIpc) is 2.89. The molecule has 1 fully saturated rings. The Morgan fingerprint density at radius 3 is 3.11 bits per heavy atom. The van der Waals surface area contributed by atoms with Crippen LogP contribution >= 0.6 is 11.6 Å². The summed E-state index contributed by atoms with van der Waals surface area (Å²) in [6, 6.07) is 7.14. The molecular formula is C20H19ClN4O3. The van der Waals surface area contributed by atoms with E-state index in [1.807, 2.05) is 6.07 Å². The lowest BCUT2D eigenvalue weighted by atomic mass is 10.0. The van der Waals surface area contributed by atoms with Gasteiger partial charge in [0.05, 0.1) is 34.6 Å². The highest BCUT2D eigenvalue weighted by Crippen LogP contribution is 2.49. The number of phenols is 1. The van der Waals surface area contributed by atoms with E-state index >= 15 is 0 Å². The second-order valence-electron chi connectivity index (χ2n) is 6.88. The van der Waals surface area contributed by atoms with Crippen molar-refractivity contribution >= 4 is 28.3 Å². The van der Waals surface area contributed by atoms with Gasteiger partial charge in [-0.2, -0.15) is 0 Å². The van der Waals surface area contributed by atoms with E-state index in [-0.39, 0.29) is 11.8 Å². The molecule has 3 aromatic rings. The lowest BCUT2D eigenvalue weighted by molar-refractivity contribution is 0.274. The molecular weight excluding hydrogens is 380 g/mol. The molecule has 2 aromatic carbocycles. The maximum absolute atomic E-state index is 10.5. The molecule has 7 nitrogen and oxygen atoms in total. The van der Waals surface area contributed by atoms with Crippen molar-refractivity contribution in [2.24, 2.45) is 0 Å². The molecule has 2 N–H and O–H groups in total. The van der Waals surface area contributed by atoms with Crippen LogP contribution in [0.3, 0.4) is 0 Å². The molecule has 2 aliphatic heterocycles. The Hall–Kier alpha value is -2.77. The third-order valence-electron chi connectivity index (χ3n) is 5.34. The molecule has 0 unspecified atom stereocenters. The molecule has 1 saturated heterocycles. The SMILES string of the molecule is COc1cccc(O)c1-c1cc2ncnc3c2c(c1Cl)OC[C@@H]1CNCCN31. The van der Waals surface area contributed by atoms with E-state index in [0.717, 1.165) is 30.8 Å². The third kappa shape index (κ3) is 2.54. The van der Waals surface area contributed by atoms with Gasteiger partial charge < -0.3 is 24.8 Å². The number of halogens is 1. The summed E-state index contributed by atoms with van der Waals surface area (Å²) in [5, 5.41) is 15.1. The molecule has 0 spiro atoms. The van der Waals surface area contributed by atoms with Crippen molar-refractivity contribution in [2.45, 2.75) is 6.04 Å². The number of aromatic hydroxyl groups is 1. The fourth-order valence-electron chi connectivity index (χ4n) is 4.01. The Morgan fingerprint density at radius 1 is 1.36 bits per heavy atom. The van der Waals surface area contributed by atoms with Gasteiger partial charge in [0.1, 0.15) is 30.3 Å². The number of hydrogen-bond acceptors (Lipinski definition) is 7. The molecule has 8 heteroatoms. The Morgan fingerprint density at radius 2 is 2.25 bits per heavy atom. The maximum Gasteiger partial charge on any atom is 0.151 e. The molecule has 0 saturated carbocycles. The minimum atomic E-state index is 0.0809. The van der Waals surface area contributed by atoms with E-state index in [9.17, 15) is 5.11 Å². The van der Waals surface area contributed by atoms with Crippen molar-refractivity contribution in [3.63, 3.8) is 0 Å². The molecule has 3 heterocycles. The first-order valence-electron chi connectivity index (χ1n) is 9.12. The highest BCUT2D eigenvalue weighted by atomic mass is 35.5. The number of ether oxygens (including phenoxy) is 2. The van der Waals surface area contributed by atoms with Crippen molar-refractivity contribution in [1.29, 1.82) is 0 Å². The minimum Gasteiger partial charge on any atom is -0.507 e. The van der Waals surface area contributed by atoms with Crippen molar-refractivity contribution in [1.82, 2.24) is 15.3 Å². The van der Waals surface area contributed by atoms with Crippen LogP contribution in [0.4, 0.5) is 5.82 Å². The fraction of sp³-hybridized carbons (Fsp3) is 0.300. The molecule has 1 aromatic heterocycles. The second-order valence-corrected chi connectivity index (χ2v) is 7.25. The van der Waals surface area contributed by atoms with Gasteiger partial charge in [-0.15, -0.1) is 0 Å². The predicted octanol–water partition coefficient (Wildman–Crippen LogP) is 2.83. The van der Waals surface area contributed by atoms with E-state index in [1.54, 1.807) is 31.6 Å². The zero-order valence-corrected chi connectivity index (χ0v) is 16.0. The van der Waals surface area contributed by atoms with Gasteiger partial charge in [-0.05, 0) is 18.2 Å². The lowest BCUT2D eigenvalue weighted by Crippen LogP contribution is -2.53. The van der Waals surface area contributed by atoms with Gasteiger partial charge in [-0.1, -0.05) is 17.7 Å². The maximum atomic E-state index is 10.5. The molecule has 0 radical (unpaired) electrons. The molecule has 0 bridgehead atoms. The molecule has 0 aliphatic carbocycles. The van der Waals surface area contributed by atoms with Gasteiger partial charge in [0, 0.05) is 25.2 Å².